The fourth-order valence-corrected chi connectivity index (χ4v) is 1.74. The molecule has 2 N–H and O–H groups in total. The van der Waals surface area contributed by atoms with Crippen LogP contribution in [0.3, 0.4) is 0 Å². The second-order valence-corrected chi connectivity index (χ2v) is 3.80. The lowest BCUT2D eigenvalue weighted by molar-refractivity contribution is -0.383. The molecule has 0 atom stereocenters. The third-order valence-electron chi connectivity index (χ3n) is 2.62. The van der Waals surface area contributed by atoms with E-state index < -0.39 is 4.92 Å². The van der Waals surface area contributed by atoms with Crippen LogP contribution >= 0.6 is 0 Å². The molecule has 0 saturated heterocycles. The van der Waals surface area contributed by atoms with Crippen LogP contribution < -0.4 is 10.6 Å². The Labute approximate surface area is 109 Å². The van der Waals surface area contributed by atoms with Gasteiger partial charge >= 0.3 is 5.69 Å². The van der Waals surface area contributed by atoms with Crippen molar-refractivity contribution in [3.8, 4) is 0 Å². The van der Waals surface area contributed by atoms with Crippen molar-refractivity contribution in [2.45, 2.75) is 6.54 Å². The average molecular weight is 262 g/mol. The summed E-state index contributed by atoms with van der Waals surface area (Å²) in [7, 11) is 1.65. The molecule has 1 aromatic carbocycles. The summed E-state index contributed by atoms with van der Waals surface area (Å²) in [4.78, 5) is 10.7. The van der Waals surface area contributed by atoms with Crippen LogP contribution in [0.2, 0.25) is 0 Å². The van der Waals surface area contributed by atoms with Crippen LogP contribution in [0, 0.1) is 10.1 Å². The number of nitrogens with zero attached hydrogens (tertiary/aromatic N) is 4. The molecule has 0 bridgehead atoms. The van der Waals surface area contributed by atoms with E-state index in [0.717, 1.165) is 0 Å². The van der Waals surface area contributed by atoms with Crippen molar-refractivity contribution >= 4 is 17.1 Å². The highest BCUT2D eigenvalue weighted by Gasteiger charge is 2.18. The Bertz CT molecular complexity index is 554. The fraction of sp³-hybridized carbons (Fsp3) is 0.273. The standard InChI is InChI=1S/C11H14N6O2/c1-12-9-3-2-4-10(11(9)17(18)19)13-5-7-16-8-6-14-15-16/h2-4,6,8,12-13H,5,7H2,1H3. The molecule has 0 unspecified atom stereocenters. The summed E-state index contributed by atoms with van der Waals surface area (Å²) in [5.41, 5.74) is 1.01. The van der Waals surface area contributed by atoms with E-state index in [4.69, 9.17) is 0 Å². The van der Waals surface area contributed by atoms with E-state index in [-0.39, 0.29) is 5.69 Å². The maximum Gasteiger partial charge on any atom is 0.315 e. The summed E-state index contributed by atoms with van der Waals surface area (Å²) < 4.78 is 1.65. The first kappa shape index (κ1) is 12.8. The van der Waals surface area contributed by atoms with Gasteiger partial charge in [0.1, 0.15) is 11.4 Å². The molecule has 2 rings (SSSR count). The highest BCUT2D eigenvalue weighted by Crippen LogP contribution is 2.32. The molecule has 0 radical (unpaired) electrons. The molecule has 8 nitrogen and oxygen atoms in total. The number of aromatic nitrogens is 3. The summed E-state index contributed by atoms with van der Waals surface area (Å²) in [6.07, 6.45) is 3.32. The molecule has 1 aromatic heterocycles. The van der Waals surface area contributed by atoms with Gasteiger partial charge in [-0.15, -0.1) is 5.10 Å². The molecule has 100 valence electrons. The predicted octanol–water partition coefficient (Wildman–Crippen LogP) is 1.34. The smallest absolute Gasteiger partial charge is 0.315 e. The molecule has 0 aliphatic heterocycles. The van der Waals surface area contributed by atoms with Crippen LogP contribution in [0.1, 0.15) is 0 Å². The second-order valence-electron chi connectivity index (χ2n) is 3.80. The number of nitro groups is 1. The fourth-order valence-electron chi connectivity index (χ4n) is 1.74. The first-order chi connectivity index (χ1) is 9.22. The molecule has 0 amide bonds. The van der Waals surface area contributed by atoms with E-state index in [2.05, 4.69) is 20.9 Å². The first-order valence-corrected chi connectivity index (χ1v) is 5.75. The van der Waals surface area contributed by atoms with Crippen LogP contribution in [0.25, 0.3) is 0 Å². The number of nitrogens with one attached hydrogen (secondary N) is 2. The number of para-hydroxylation sites is 1. The van der Waals surface area contributed by atoms with E-state index in [9.17, 15) is 10.1 Å². The van der Waals surface area contributed by atoms with Gasteiger partial charge in [0.05, 0.1) is 17.7 Å². The molecule has 1 heterocycles. The molecular weight excluding hydrogens is 248 g/mol. The lowest BCUT2D eigenvalue weighted by Crippen LogP contribution is -2.12. The molecule has 0 saturated carbocycles. The van der Waals surface area contributed by atoms with E-state index >= 15 is 0 Å². The van der Waals surface area contributed by atoms with Crippen molar-refractivity contribution in [2.24, 2.45) is 0 Å². The number of hydrogen-bond donors (Lipinski definition) is 2. The van der Waals surface area contributed by atoms with Gasteiger partial charge in [-0.25, -0.2) is 0 Å². The van der Waals surface area contributed by atoms with Gasteiger partial charge < -0.3 is 10.6 Å². The summed E-state index contributed by atoms with van der Waals surface area (Å²) in [5, 5.41) is 24.4. The van der Waals surface area contributed by atoms with Gasteiger partial charge in [0.25, 0.3) is 0 Å². The number of hydrogen-bond acceptors (Lipinski definition) is 6. The minimum atomic E-state index is -0.399. The summed E-state index contributed by atoms with van der Waals surface area (Å²) in [5.74, 6) is 0. The maximum atomic E-state index is 11.1. The van der Waals surface area contributed by atoms with E-state index in [1.165, 1.54) is 0 Å². The number of nitro benzene ring substituents is 1. The predicted molar refractivity (Wildman–Crippen MR) is 71.2 cm³/mol. The quantitative estimate of drug-likeness (QED) is 0.602. The molecule has 2 aromatic rings. The Hall–Kier alpha value is -2.64. The minimum Gasteiger partial charge on any atom is -0.382 e. The third kappa shape index (κ3) is 2.97. The van der Waals surface area contributed by atoms with Gasteiger partial charge in [-0.1, -0.05) is 11.3 Å². The molecule has 0 fully saturated rings. The van der Waals surface area contributed by atoms with Crippen molar-refractivity contribution in [3.63, 3.8) is 0 Å². The van der Waals surface area contributed by atoms with Gasteiger partial charge in [0, 0.05) is 19.8 Å². The van der Waals surface area contributed by atoms with Crippen LogP contribution in [0.4, 0.5) is 17.1 Å². The number of benzene rings is 1. The van der Waals surface area contributed by atoms with Gasteiger partial charge in [-0.05, 0) is 12.1 Å². The number of anilines is 2. The largest absolute Gasteiger partial charge is 0.382 e. The Kier molecular flexibility index (Phi) is 3.91. The summed E-state index contributed by atoms with van der Waals surface area (Å²) in [6, 6.07) is 5.11. The monoisotopic (exact) mass is 262 g/mol. The molecule has 8 heteroatoms. The number of rotatable bonds is 6. The third-order valence-corrected chi connectivity index (χ3v) is 2.62. The van der Waals surface area contributed by atoms with Crippen molar-refractivity contribution in [1.29, 1.82) is 0 Å². The highest BCUT2D eigenvalue weighted by atomic mass is 16.6. The Morgan fingerprint density at radius 3 is 2.84 bits per heavy atom. The SMILES string of the molecule is CNc1cccc(NCCn2ccnn2)c1[N+](=O)[O-]. The van der Waals surface area contributed by atoms with Gasteiger partial charge in [-0.3, -0.25) is 14.8 Å². The maximum absolute atomic E-state index is 11.1. The molecule has 0 aliphatic carbocycles. The van der Waals surface area contributed by atoms with E-state index in [0.29, 0.717) is 24.5 Å². The zero-order valence-electron chi connectivity index (χ0n) is 10.4. The second kappa shape index (κ2) is 5.80. The molecule has 0 spiro atoms. The van der Waals surface area contributed by atoms with Crippen molar-refractivity contribution in [1.82, 2.24) is 15.0 Å². The van der Waals surface area contributed by atoms with Crippen molar-refractivity contribution in [3.05, 3.63) is 40.7 Å². The zero-order valence-corrected chi connectivity index (χ0v) is 10.4. The Morgan fingerprint density at radius 1 is 1.42 bits per heavy atom. The minimum absolute atomic E-state index is 0.0450. The normalized spacial score (nSPS) is 10.2. The van der Waals surface area contributed by atoms with Gasteiger partial charge in [0.2, 0.25) is 0 Å². The van der Waals surface area contributed by atoms with Crippen LogP contribution in [0.5, 0.6) is 0 Å². The lowest BCUT2D eigenvalue weighted by atomic mass is 10.2. The Morgan fingerprint density at radius 2 is 2.21 bits per heavy atom. The summed E-state index contributed by atoms with van der Waals surface area (Å²) >= 11 is 0. The van der Waals surface area contributed by atoms with Crippen LogP contribution in [-0.4, -0.2) is 33.5 Å². The van der Waals surface area contributed by atoms with Crippen LogP contribution in [-0.2, 0) is 6.54 Å². The van der Waals surface area contributed by atoms with Crippen LogP contribution in [0.15, 0.2) is 30.6 Å². The Balaban J connectivity index is 2.09. The average Bonchev–Trinajstić information content (AvgIpc) is 2.91. The summed E-state index contributed by atoms with van der Waals surface area (Å²) in [6.45, 7) is 1.11. The van der Waals surface area contributed by atoms with Crippen molar-refractivity contribution in [2.75, 3.05) is 24.2 Å². The lowest BCUT2D eigenvalue weighted by Gasteiger charge is -2.09. The molecular formula is C11H14N6O2. The molecule has 0 aliphatic rings. The highest BCUT2D eigenvalue weighted by molar-refractivity contribution is 5.75. The van der Waals surface area contributed by atoms with E-state index in [1.807, 2.05) is 0 Å². The van der Waals surface area contributed by atoms with Crippen molar-refractivity contribution < 1.29 is 4.92 Å². The topological polar surface area (TPSA) is 97.9 Å². The molecule has 19 heavy (non-hydrogen) atoms. The van der Waals surface area contributed by atoms with E-state index in [1.54, 1.807) is 42.3 Å². The van der Waals surface area contributed by atoms with Gasteiger partial charge in [-0.2, -0.15) is 0 Å². The van der Waals surface area contributed by atoms with Gasteiger partial charge in [0.15, 0.2) is 0 Å². The zero-order chi connectivity index (χ0) is 13.7. The first-order valence-electron chi connectivity index (χ1n) is 5.75.